The van der Waals surface area contributed by atoms with Crippen molar-refractivity contribution in [2.24, 2.45) is 0 Å². The van der Waals surface area contributed by atoms with Gasteiger partial charge in [0.15, 0.2) is 0 Å². The van der Waals surface area contributed by atoms with Gasteiger partial charge in [0.25, 0.3) is 0 Å². The van der Waals surface area contributed by atoms with Crippen molar-refractivity contribution >= 4 is 11.6 Å². The zero-order valence-corrected chi connectivity index (χ0v) is 14.4. The molecule has 1 heterocycles. The van der Waals surface area contributed by atoms with Crippen LogP contribution in [0.5, 0.6) is 0 Å². The molecule has 2 amide bonds. The van der Waals surface area contributed by atoms with Crippen LogP contribution >= 0.6 is 0 Å². The molecular weight excluding hydrogens is 338 g/mol. The predicted molar refractivity (Wildman–Crippen MR) is 95.3 cm³/mol. The van der Waals surface area contributed by atoms with Crippen molar-refractivity contribution in [3.05, 3.63) is 77.4 Å². The van der Waals surface area contributed by atoms with Gasteiger partial charge in [-0.2, -0.15) is 0 Å². The summed E-state index contributed by atoms with van der Waals surface area (Å²) < 4.78 is 27.8. The smallest absolute Gasteiger partial charge is 0.320 e. The normalized spacial score (nSPS) is 16.5. The van der Waals surface area contributed by atoms with Crippen LogP contribution in [-0.2, 0) is 0 Å². The van der Waals surface area contributed by atoms with Gasteiger partial charge in [-0.05, 0) is 29.3 Å². The second-order valence-electron chi connectivity index (χ2n) is 6.23. The van der Waals surface area contributed by atoms with Crippen LogP contribution in [-0.4, -0.2) is 47.7 Å². The summed E-state index contributed by atoms with van der Waals surface area (Å²) in [6, 6.07) is 12.0. The molecule has 0 fully saturated rings. The summed E-state index contributed by atoms with van der Waals surface area (Å²) in [7, 11) is 1.60. The van der Waals surface area contributed by atoms with E-state index in [0.29, 0.717) is 5.57 Å². The van der Waals surface area contributed by atoms with E-state index in [9.17, 15) is 13.6 Å². The number of aliphatic hydroxyl groups is 1. The van der Waals surface area contributed by atoms with E-state index in [-0.39, 0.29) is 37.3 Å². The third-order valence-corrected chi connectivity index (χ3v) is 4.46. The van der Waals surface area contributed by atoms with E-state index in [2.05, 4.69) is 0 Å². The molecule has 2 aromatic carbocycles. The summed E-state index contributed by atoms with van der Waals surface area (Å²) in [6.45, 7) is 0.208. The van der Waals surface area contributed by atoms with Crippen molar-refractivity contribution in [1.82, 2.24) is 9.80 Å². The molecule has 0 saturated carbocycles. The van der Waals surface area contributed by atoms with Gasteiger partial charge in [-0.25, -0.2) is 13.6 Å². The summed E-state index contributed by atoms with van der Waals surface area (Å²) in [5, 5.41) is 9.09. The number of urea groups is 1. The van der Waals surface area contributed by atoms with Crippen LogP contribution < -0.4 is 0 Å². The largest absolute Gasteiger partial charge is 0.395 e. The molecule has 1 atom stereocenters. The number of nitrogens with zero attached hydrogens (tertiary/aromatic N) is 2. The molecule has 0 radical (unpaired) electrons. The minimum atomic E-state index is -0.527. The lowest BCUT2D eigenvalue weighted by atomic mass is 10.0. The maximum atomic E-state index is 14.2. The highest BCUT2D eigenvalue weighted by molar-refractivity contribution is 5.82. The van der Waals surface area contributed by atoms with Crippen LogP contribution in [0.2, 0.25) is 0 Å². The van der Waals surface area contributed by atoms with Crippen molar-refractivity contribution in [2.45, 2.75) is 6.04 Å². The van der Waals surface area contributed by atoms with Crippen LogP contribution in [0.1, 0.15) is 17.2 Å². The van der Waals surface area contributed by atoms with Crippen LogP contribution in [0, 0.1) is 11.6 Å². The first-order chi connectivity index (χ1) is 12.5. The molecule has 0 aromatic heterocycles. The summed E-state index contributed by atoms with van der Waals surface area (Å²) >= 11 is 0. The van der Waals surface area contributed by atoms with E-state index in [1.54, 1.807) is 18.0 Å². The van der Waals surface area contributed by atoms with Crippen LogP contribution in [0.4, 0.5) is 13.6 Å². The van der Waals surface area contributed by atoms with Gasteiger partial charge in [-0.3, -0.25) is 0 Å². The lowest BCUT2D eigenvalue weighted by Gasteiger charge is -2.29. The van der Waals surface area contributed by atoms with Gasteiger partial charge < -0.3 is 14.9 Å². The van der Waals surface area contributed by atoms with Crippen LogP contribution in [0.3, 0.4) is 0 Å². The number of likely N-dealkylation sites (N-methyl/N-ethyl adjacent to an activating group) is 1. The number of aliphatic hydroxyl groups excluding tert-OH is 1. The summed E-state index contributed by atoms with van der Waals surface area (Å²) in [6.07, 6.45) is 1.79. The van der Waals surface area contributed by atoms with Crippen LogP contribution in [0.25, 0.3) is 5.57 Å². The molecule has 4 nitrogen and oxygen atoms in total. The van der Waals surface area contributed by atoms with Gasteiger partial charge in [0, 0.05) is 25.7 Å². The fraction of sp³-hybridized carbons (Fsp3) is 0.250. The Hall–Kier alpha value is -2.73. The standard InChI is InChI=1S/C20H20F2N2O2/c1-23(9-10-25)20(26)24-13-15(17-12-16(21)7-8-18(17)22)11-19(24)14-5-3-2-4-6-14/h2-8,11-12,19,25H,9-10,13H2,1H3. The van der Waals surface area contributed by atoms with Crippen molar-refractivity contribution in [1.29, 1.82) is 0 Å². The van der Waals surface area contributed by atoms with Gasteiger partial charge in [0.05, 0.1) is 12.6 Å². The number of benzene rings is 2. The average molecular weight is 358 g/mol. The van der Waals surface area contributed by atoms with Crippen molar-refractivity contribution in [3.63, 3.8) is 0 Å². The van der Waals surface area contributed by atoms with Crippen molar-refractivity contribution in [2.75, 3.05) is 26.7 Å². The first kappa shape index (κ1) is 18.1. The summed E-state index contributed by atoms with van der Waals surface area (Å²) in [5.41, 5.74) is 1.60. The first-order valence-corrected chi connectivity index (χ1v) is 8.35. The number of amides is 2. The fourth-order valence-electron chi connectivity index (χ4n) is 3.11. The molecule has 0 aliphatic carbocycles. The quantitative estimate of drug-likeness (QED) is 0.910. The van der Waals surface area contributed by atoms with E-state index in [1.807, 2.05) is 30.3 Å². The Morgan fingerprint density at radius 2 is 1.96 bits per heavy atom. The Morgan fingerprint density at radius 1 is 1.23 bits per heavy atom. The number of rotatable bonds is 4. The molecule has 1 aliphatic rings. The number of carbonyl (C=O) groups excluding carboxylic acids is 1. The lowest BCUT2D eigenvalue weighted by molar-refractivity contribution is 0.150. The Bertz CT molecular complexity index is 824. The van der Waals surface area contributed by atoms with E-state index in [1.165, 1.54) is 4.90 Å². The molecule has 136 valence electrons. The maximum Gasteiger partial charge on any atom is 0.320 e. The number of halogens is 2. The molecule has 1 unspecified atom stereocenters. The molecule has 6 heteroatoms. The summed E-state index contributed by atoms with van der Waals surface area (Å²) in [4.78, 5) is 15.8. The summed E-state index contributed by atoms with van der Waals surface area (Å²) in [5.74, 6) is -1.05. The monoisotopic (exact) mass is 358 g/mol. The molecule has 0 saturated heterocycles. The molecular formula is C20H20F2N2O2. The second kappa shape index (κ2) is 7.66. The lowest BCUT2D eigenvalue weighted by Crippen LogP contribution is -2.42. The highest BCUT2D eigenvalue weighted by Crippen LogP contribution is 2.36. The van der Waals surface area contributed by atoms with Gasteiger partial charge in [0.1, 0.15) is 11.6 Å². The topological polar surface area (TPSA) is 43.8 Å². The Balaban J connectivity index is 1.98. The van der Waals surface area contributed by atoms with Gasteiger partial charge >= 0.3 is 6.03 Å². The molecule has 0 bridgehead atoms. The number of hydrogen-bond acceptors (Lipinski definition) is 2. The first-order valence-electron chi connectivity index (χ1n) is 8.35. The molecule has 1 aliphatic heterocycles. The number of carbonyl (C=O) groups is 1. The Morgan fingerprint density at radius 3 is 2.65 bits per heavy atom. The van der Waals surface area contributed by atoms with Crippen LogP contribution in [0.15, 0.2) is 54.6 Å². The molecule has 0 spiro atoms. The predicted octanol–water partition coefficient (Wildman–Crippen LogP) is 3.45. The molecule has 3 rings (SSSR count). The SMILES string of the molecule is CN(CCO)C(=O)N1CC(c2cc(F)ccc2F)=CC1c1ccccc1. The van der Waals surface area contributed by atoms with Gasteiger partial charge in [0.2, 0.25) is 0 Å². The third-order valence-electron chi connectivity index (χ3n) is 4.46. The average Bonchev–Trinajstić information content (AvgIpc) is 3.09. The second-order valence-corrected chi connectivity index (χ2v) is 6.23. The third kappa shape index (κ3) is 3.60. The molecule has 26 heavy (non-hydrogen) atoms. The Kier molecular flexibility index (Phi) is 5.32. The zero-order chi connectivity index (χ0) is 18.7. The minimum absolute atomic E-state index is 0.148. The fourth-order valence-corrected chi connectivity index (χ4v) is 3.11. The minimum Gasteiger partial charge on any atom is -0.395 e. The van der Waals surface area contributed by atoms with E-state index in [4.69, 9.17) is 5.11 Å². The van der Waals surface area contributed by atoms with E-state index in [0.717, 1.165) is 23.8 Å². The zero-order valence-electron chi connectivity index (χ0n) is 14.4. The molecule has 1 N–H and O–H groups in total. The number of hydrogen-bond donors (Lipinski definition) is 1. The van der Waals surface area contributed by atoms with Crippen molar-refractivity contribution < 1.29 is 18.7 Å². The van der Waals surface area contributed by atoms with Gasteiger partial charge in [-0.15, -0.1) is 0 Å². The highest BCUT2D eigenvalue weighted by Gasteiger charge is 2.33. The van der Waals surface area contributed by atoms with Crippen molar-refractivity contribution in [3.8, 4) is 0 Å². The highest BCUT2D eigenvalue weighted by atomic mass is 19.1. The molecule has 2 aromatic rings. The van der Waals surface area contributed by atoms with E-state index >= 15 is 0 Å². The van der Waals surface area contributed by atoms with E-state index < -0.39 is 11.6 Å². The maximum absolute atomic E-state index is 14.2. The Labute approximate surface area is 151 Å². The van der Waals surface area contributed by atoms with Gasteiger partial charge in [-0.1, -0.05) is 36.4 Å².